The number of hydrogen-bond acceptors (Lipinski definition) is 4. The van der Waals surface area contributed by atoms with Crippen molar-refractivity contribution >= 4 is 0 Å². The molecular formula is C19H22FNO3. The smallest absolute Gasteiger partial charge is 0.204 e. The number of morpholine rings is 1. The van der Waals surface area contributed by atoms with Gasteiger partial charge in [-0.1, -0.05) is 23.8 Å². The van der Waals surface area contributed by atoms with Crippen LogP contribution in [0, 0.1) is 12.7 Å². The van der Waals surface area contributed by atoms with Gasteiger partial charge in [0.1, 0.15) is 12.4 Å². The Labute approximate surface area is 141 Å². The lowest BCUT2D eigenvalue weighted by atomic mass is 10.2. The quantitative estimate of drug-likeness (QED) is 0.809. The van der Waals surface area contributed by atoms with Gasteiger partial charge in [-0.05, 0) is 31.2 Å². The van der Waals surface area contributed by atoms with Crippen LogP contribution < -0.4 is 9.47 Å². The van der Waals surface area contributed by atoms with E-state index in [0.29, 0.717) is 18.1 Å². The fraction of sp³-hybridized carbons (Fsp3) is 0.368. The van der Waals surface area contributed by atoms with Crippen molar-refractivity contribution in [3.05, 3.63) is 53.8 Å². The number of nitrogens with zero attached hydrogens (tertiary/aromatic N) is 1. The summed E-state index contributed by atoms with van der Waals surface area (Å²) in [6.45, 7) is 6.56. The molecule has 128 valence electrons. The Balaban J connectivity index is 1.64. The summed E-state index contributed by atoms with van der Waals surface area (Å²) < 4.78 is 31.0. The molecule has 1 aliphatic rings. The molecule has 0 atom stereocenters. The Kier molecular flexibility index (Phi) is 5.67. The Morgan fingerprint density at radius 1 is 1.08 bits per heavy atom. The van der Waals surface area contributed by atoms with Gasteiger partial charge in [0.15, 0.2) is 11.6 Å². The van der Waals surface area contributed by atoms with E-state index in [4.69, 9.17) is 14.2 Å². The highest BCUT2D eigenvalue weighted by Gasteiger charge is 2.14. The summed E-state index contributed by atoms with van der Waals surface area (Å²) in [7, 11) is 0. The Morgan fingerprint density at radius 2 is 1.83 bits per heavy atom. The Hall–Kier alpha value is -2.11. The monoisotopic (exact) mass is 331 g/mol. The number of rotatable bonds is 6. The van der Waals surface area contributed by atoms with Crippen LogP contribution >= 0.6 is 0 Å². The van der Waals surface area contributed by atoms with Crippen molar-refractivity contribution < 1.29 is 18.6 Å². The molecule has 1 heterocycles. The van der Waals surface area contributed by atoms with Crippen molar-refractivity contribution in [3.8, 4) is 17.2 Å². The molecule has 1 fully saturated rings. The summed E-state index contributed by atoms with van der Waals surface area (Å²) in [5, 5.41) is 0. The molecule has 5 heteroatoms. The zero-order valence-electron chi connectivity index (χ0n) is 13.8. The van der Waals surface area contributed by atoms with Crippen LogP contribution in [0.1, 0.15) is 5.56 Å². The molecule has 0 saturated carbocycles. The average Bonchev–Trinajstić information content (AvgIpc) is 2.60. The lowest BCUT2D eigenvalue weighted by molar-refractivity contribution is 0.0321. The van der Waals surface area contributed by atoms with Gasteiger partial charge >= 0.3 is 0 Å². The maximum absolute atomic E-state index is 14.2. The molecule has 0 spiro atoms. The first-order chi connectivity index (χ1) is 11.7. The minimum Gasteiger partial charge on any atom is -0.488 e. The molecule has 0 bridgehead atoms. The van der Waals surface area contributed by atoms with E-state index in [-0.39, 0.29) is 5.75 Å². The van der Waals surface area contributed by atoms with Crippen LogP contribution in [-0.4, -0.2) is 44.4 Å². The largest absolute Gasteiger partial charge is 0.488 e. The van der Waals surface area contributed by atoms with Crippen LogP contribution in [0.2, 0.25) is 0 Å². The normalized spacial score (nSPS) is 15.2. The first-order valence-corrected chi connectivity index (χ1v) is 8.18. The van der Waals surface area contributed by atoms with Crippen molar-refractivity contribution in [2.24, 2.45) is 0 Å². The first-order valence-electron chi connectivity index (χ1n) is 8.18. The second kappa shape index (κ2) is 8.13. The van der Waals surface area contributed by atoms with Crippen molar-refractivity contribution in [2.75, 3.05) is 39.5 Å². The summed E-state index contributed by atoms with van der Waals surface area (Å²) in [4.78, 5) is 2.27. The van der Waals surface area contributed by atoms with Gasteiger partial charge in [0.25, 0.3) is 0 Å². The predicted molar refractivity (Wildman–Crippen MR) is 90.4 cm³/mol. The van der Waals surface area contributed by atoms with Crippen LogP contribution in [0.3, 0.4) is 0 Å². The van der Waals surface area contributed by atoms with Crippen LogP contribution in [0.15, 0.2) is 42.5 Å². The molecule has 0 aromatic heterocycles. The van der Waals surface area contributed by atoms with E-state index >= 15 is 0 Å². The van der Waals surface area contributed by atoms with Gasteiger partial charge in [0.05, 0.1) is 13.2 Å². The third-order valence-electron chi connectivity index (χ3n) is 3.94. The van der Waals surface area contributed by atoms with Crippen molar-refractivity contribution in [1.29, 1.82) is 0 Å². The molecule has 2 aromatic carbocycles. The first kappa shape index (κ1) is 16.7. The summed E-state index contributed by atoms with van der Waals surface area (Å²) >= 11 is 0. The third-order valence-corrected chi connectivity index (χ3v) is 3.94. The van der Waals surface area contributed by atoms with Gasteiger partial charge in [-0.3, -0.25) is 4.90 Å². The number of para-hydroxylation sites is 1. The van der Waals surface area contributed by atoms with Crippen molar-refractivity contribution in [1.82, 2.24) is 4.90 Å². The van der Waals surface area contributed by atoms with Gasteiger partial charge < -0.3 is 14.2 Å². The van der Waals surface area contributed by atoms with Gasteiger partial charge in [0, 0.05) is 19.6 Å². The maximum Gasteiger partial charge on any atom is 0.204 e. The van der Waals surface area contributed by atoms with E-state index in [9.17, 15) is 4.39 Å². The topological polar surface area (TPSA) is 30.9 Å². The lowest BCUT2D eigenvalue weighted by Gasteiger charge is -2.26. The number of halogens is 1. The molecule has 0 unspecified atom stereocenters. The van der Waals surface area contributed by atoms with E-state index in [1.165, 1.54) is 6.07 Å². The zero-order valence-corrected chi connectivity index (χ0v) is 13.8. The van der Waals surface area contributed by atoms with Crippen LogP contribution in [-0.2, 0) is 4.74 Å². The van der Waals surface area contributed by atoms with E-state index in [1.54, 1.807) is 12.1 Å². The standard InChI is InChI=1S/C19H22FNO3/c1-15-5-7-16(8-6-15)24-19-17(20)3-2-4-18(19)23-14-11-21-9-12-22-13-10-21/h2-8H,9-14H2,1H3. The number of aryl methyl sites for hydroxylation is 1. The molecule has 1 aliphatic heterocycles. The van der Waals surface area contributed by atoms with Crippen LogP contribution in [0.25, 0.3) is 0 Å². The second-order valence-electron chi connectivity index (χ2n) is 5.78. The molecule has 24 heavy (non-hydrogen) atoms. The second-order valence-corrected chi connectivity index (χ2v) is 5.78. The highest BCUT2D eigenvalue weighted by molar-refractivity contribution is 5.44. The highest BCUT2D eigenvalue weighted by atomic mass is 19.1. The predicted octanol–water partition coefficient (Wildman–Crippen LogP) is 3.64. The van der Waals surface area contributed by atoms with Crippen LogP contribution in [0.4, 0.5) is 4.39 Å². The molecule has 0 N–H and O–H groups in total. The number of ether oxygens (including phenoxy) is 3. The zero-order chi connectivity index (χ0) is 16.8. The number of benzene rings is 2. The van der Waals surface area contributed by atoms with Gasteiger partial charge in [-0.2, -0.15) is 0 Å². The minimum absolute atomic E-state index is 0.128. The molecular weight excluding hydrogens is 309 g/mol. The molecule has 0 radical (unpaired) electrons. The molecule has 0 aliphatic carbocycles. The van der Waals surface area contributed by atoms with Gasteiger partial charge in [0.2, 0.25) is 5.75 Å². The lowest BCUT2D eigenvalue weighted by Crippen LogP contribution is -2.38. The number of hydrogen-bond donors (Lipinski definition) is 0. The van der Waals surface area contributed by atoms with E-state index in [2.05, 4.69) is 4.90 Å². The molecule has 1 saturated heterocycles. The van der Waals surface area contributed by atoms with Gasteiger partial charge in [-0.15, -0.1) is 0 Å². The fourth-order valence-electron chi connectivity index (χ4n) is 2.54. The molecule has 3 rings (SSSR count). The summed E-state index contributed by atoms with van der Waals surface area (Å²) in [6.07, 6.45) is 0. The maximum atomic E-state index is 14.2. The summed E-state index contributed by atoms with van der Waals surface area (Å²) in [5.74, 6) is 0.704. The Morgan fingerprint density at radius 3 is 2.58 bits per heavy atom. The fourth-order valence-corrected chi connectivity index (χ4v) is 2.54. The highest BCUT2D eigenvalue weighted by Crippen LogP contribution is 2.34. The van der Waals surface area contributed by atoms with Crippen molar-refractivity contribution in [2.45, 2.75) is 6.92 Å². The SMILES string of the molecule is Cc1ccc(Oc2c(F)cccc2OCCN2CCOCC2)cc1. The average molecular weight is 331 g/mol. The van der Waals surface area contributed by atoms with E-state index in [1.807, 2.05) is 31.2 Å². The summed E-state index contributed by atoms with van der Waals surface area (Å²) in [6, 6.07) is 12.2. The van der Waals surface area contributed by atoms with Gasteiger partial charge in [-0.25, -0.2) is 4.39 Å². The van der Waals surface area contributed by atoms with E-state index in [0.717, 1.165) is 38.4 Å². The summed E-state index contributed by atoms with van der Waals surface area (Å²) in [5.41, 5.74) is 1.12. The molecule has 4 nitrogen and oxygen atoms in total. The minimum atomic E-state index is -0.431. The third kappa shape index (κ3) is 4.46. The molecule has 2 aromatic rings. The van der Waals surface area contributed by atoms with Crippen LogP contribution in [0.5, 0.6) is 17.2 Å². The Bertz CT molecular complexity index is 654. The van der Waals surface area contributed by atoms with E-state index < -0.39 is 5.82 Å². The van der Waals surface area contributed by atoms with Crippen molar-refractivity contribution in [3.63, 3.8) is 0 Å². The molecule has 0 amide bonds.